The zero-order chi connectivity index (χ0) is 15.7. The van der Waals surface area contributed by atoms with Crippen molar-refractivity contribution in [3.8, 4) is 0 Å². The number of amides is 2. The third-order valence-corrected chi connectivity index (χ3v) is 3.06. The van der Waals surface area contributed by atoms with Crippen LogP contribution in [0.4, 0.5) is 0 Å². The molecule has 6 heteroatoms. The summed E-state index contributed by atoms with van der Waals surface area (Å²) in [5.41, 5.74) is 5.02. The molecular weight excluding hydrogens is 272 g/mol. The third kappa shape index (κ3) is 6.07. The number of carbonyl (C=O) groups is 3. The Kier molecular flexibility index (Phi) is 6.94. The van der Waals surface area contributed by atoms with Gasteiger partial charge < -0.3 is 5.11 Å². The van der Waals surface area contributed by atoms with Gasteiger partial charge in [-0.25, -0.2) is 0 Å². The van der Waals surface area contributed by atoms with Gasteiger partial charge in [-0.15, -0.1) is 0 Å². The number of carboxylic acid groups (broad SMARTS) is 1. The Morgan fingerprint density at radius 2 is 1.76 bits per heavy atom. The normalized spacial score (nSPS) is 11.5. The summed E-state index contributed by atoms with van der Waals surface area (Å²) in [6.45, 7) is 1.90. The van der Waals surface area contributed by atoms with Crippen LogP contribution in [0.15, 0.2) is 30.3 Å². The molecule has 0 saturated heterocycles. The molecule has 1 aromatic rings. The van der Waals surface area contributed by atoms with Crippen molar-refractivity contribution in [2.75, 3.05) is 0 Å². The lowest BCUT2D eigenvalue weighted by Gasteiger charge is -2.11. The van der Waals surface area contributed by atoms with E-state index in [1.807, 2.05) is 6.92 Å². The summed E-state index contributed by atoms with van der Waals surface area (Å²) in [4.78, 5) is 34.2. The minimum Gasteiger partial charge on any atom is -0.481 e. The predicted molar refractivity (Wildman–Crippen MR) is 77.3 cm³/mol. The van der Waals surface area contributed by atoms with Gasteiger partial charge in [0.1, 0.15) is 0 Å². The van der Waals surface area contributed by atoms with Gasteiger partial charge in [0.25, 0.3) is 5.91 Å². The van der Waals surface area contributed by atoms with Crippen molar-refractivity contribution < 1.29 is 19.5 Å². The molecule has 2 amide bonds. The van der Waals surface area contributed by atoms with Gasteiger partial charge in [-0.3, -0.25) is 25.2 Å². The zero-order valence-electron chi connectivity index (χ0n) is 12.0. The van der Waals surface area contributed by atoms with Crippen LogP contribution in [0.5, 0.6) is 0 Å². The standard InChI is InChI=1S/C15H20N2O4/c1-2-6-12(15(20)21)9-10-13(18)16-17-14(19)11-7-4-3-5-8-11/h3-5,7-8,12H,2,6,9-10H2,1H3,(H,16,18)(H,17,19)(H,20,21)/t12-/m1/s1. The quantitative estimate of drug-likeness (QED) is 0.667. The Balaban J connectivity index is 2.34. The Morgan fingerprint density at radius 3 is 2.33 bits per heavy atom. The molecule has 0 radical (unpaired) electrons. The highest BCUT2D eigenvalue weighted by Gasteiger charge is 2.17. The molecule has 0 heterocycles. The molecule has 114 valence electrons. The topological polar surface area (TPSA) is 95.5 Å². The highest BCUT2D eigenvalue weighted by molar-refractivity contribution is 5.95. The molecule has 0 aliphatic carbocycles. The largest absolute Gasteiger partial charge is 0.481 e. The van der Waals surface area contributed by atoms with E-state index in [-0.39, 0.29) is 12.8 Å². The van der Waals surface area contributed by atoms with E-state index in [0.29, 0.717) is 12.0 Å². The summed E-state index contributed by atoms with van der Waals surface area (Å²) in [5.74, 6) is -2.22. The van der Waals surface area contributed by atoms with Crippen LogP contribution in [-0.2, 0) is 9.59 Å². The maximum absolute atomic E-state index is 11.7. The van der Waals surface area contributed by atoms with Crippen molar-refractivity contribution in [3.63, 3.8) is 0 Å². The predicted octanol–water partition coefficient (Wildman–Crippen LogP) is 1.73. The van der Waals surface area contributed by atoms with Crippen LogP contribution in [0.2, 0.25) is 0 Å². The fourth-order valence-corrected chi connectivity index (χ4v) is 1.90. The molecule has 1 rings (SSSR count). The Bertz CT molecular complexity index is 488. The van der Waals surface area contributed by atoms with E-state index in [1.54, 1.807) is 30.3 Å². The summed E-state index contributed by atoms with van der Waals surface area (Å²) >= 11 is 0. The first-order chi connectivity index (χ1) is 10.0. The number of hydrogen-bond acceptors (Lipinski definition) is 3. The van der Waals surface area contributed by atoms with Crippen LogP contribution in [0, 0.1) is 5.92 Å². The van der Waals surface area contributed by atoms with E-state index >= 15 is 0 Å². The molecule has 0 unspecified atom stereocenters. The number of rotatable bonds is 7. The third-order valence-electron chi connectivity index (χ3n) is 3.06. The monoisotopic (exact) mass is 292 g/mol. The van der Waals surface area contributed by atoms with Crippen molar-refractivity contribution >= 4 is 17.8 Å². The van der Waals surface area contributed by atoms with Crippen LogP contribution in [0.3, 0.4) is 0 Å². The first kappa shape index (κ1) is 16.7. The van der Waals surface area contributed by atoms with Gasteiger partial charge in [-0.2, -0.15) is 0 Å². The Morgan fingerprint density at radius 1 is 1.10 bits per heavy atom. The molecular formula is C15H20N2O4. The molecule has 3 N–H and O–H groups in total. The lowest BCUT2D eigenvalue weighted by atomic mass is 9.98. The van der Waals surface area contributed by atoms with E-state index in [4.69, 9.17) is 5.11 Å². The molecule has 1 aromatic carbocycles. The lowest BCUT2D eigenvalue weighted by molar-refractivity contribution is -0.142. The second kappa shape index (κ2) is 8.73. The highest BCUT2D eigenvalue weighted by atomic mass is 16.4. The molecule has 0 aromatic heterocycles. The summed E-state index contributed by atoms with van der Waals surface area (Å²) < 4.78 is 0. The average molecular weight is 292 g/mol. The van der Waals surface area contributed by atoms with Crippen LogP contribution < -0.4 is 10.9 Å². The number of benzene rings is 1. The summed E-state index contributed by atoms with van der Waals surface area (Å²) in [6.07, 6.45) is 1.62. The average Bonchev–Trinajstić information content (AvgIpc) is 2.49. The Hall–Kier alpha value is -2.37. The van der Waals surface area contributed by atoms with Crippen LogP contribution in [-0.4, -0.2) is 22.9 Å². The molecule has 0 aliphatic heterocycles. The fourth-order valence-electron chi connectivity index (χ4n) is 1.90. The van der Waals surface area contributed by atoms with Crippen molar-refractivity contribution in [2.24, 2.45) is 5.92 Å². The molecule has 0 fully saturated rings. The first-order valence-corrected chi connectivity index (χ1v) is 6.91. The molecule has 1 atom stereocenters. The van der Waals surface area contributed by atoms with Crippen molar-refractivity contribution in [3.05, 3.63) is 35.9 Å². The van der Waals surface area contributed by atoms with Crippen molar-refractivity contribution in [1.82, 2.24) is 10.9 Å². The minimum atomic E-state index is -0.891. The van der Waals surface area contributed by atoms with Gasteiger partial charge in [0.2, 0.25) is 5.91 Å². The first-order valence-electron chi connectivity index (χ1n) is 6.91. The number of carboxylic acids is 1. The van der Waals surface area contributed by atoms with Crippen LogP contribution in [0.25, 0.3) is 0 Å². The van der Waals surface area contributed by atoms with Crippen LogP contribution >= 0.6 is 0 Å². The van der Waals surface area contributed by atoms with E-state index in [2.05, 4.69) is 10.9 Å². The SMILES string of the molecule is CCC[C@H](CCC(=O)NNC(=O)c1ccccc1)C(=O)O. The Labute approximate surface area is 123 Å². The van der Waals surface area contributed by atoms with Gasteiger partial charge in [-0.1, -0.05) is 31.5 Å². The molecule has 0 aliphatic rings. The number of hydrogen-bond donors (Lipinski definition) is 3. The number of carbonyl (C=O) groups excluding carboxylic acids is 2. The number of hydrazine groups is 1. The van der Waals surface area contributed by atoms with Gasteiger partial charge >= 0.3 is 5.97 Å². The highest BCUT2D eigenvalue weighted by Crippen LogP contribution is 2.13. The van der Waals surface area contributed by atoms with E-state index in [0.717, 1.165) is 6.42 Å². The van der Waals surface area contributed by atoms with E-state index < -0.39 is 23.7 Å². The maximum Gasteiger partial charge on any atom is 0.306 e. The second-order valence-corrected chi connectivity index (χ2v) is 4.73. The van der Waals surface area contributed by atoms with Gasteiger partial charge in [-0.05, 0) is 25.0 Å². The summed E-state index contributed by atoms with van der Waals surface area (Å²) in [7, 11) is 0. The zero-order valence-corrected chi connectivity index (χ0v) is 12.0. The van der Waals surface area contributed by atoms with Gasteiger partial charge in [0, 0.05) is 12.0 Å². The van der Waals surface area contributed by atoms with Gasteiger partial charge in [0.05, 0.1) is 5.92 Å². The van der Waals surface area contributed by atoms with E-state index in [9.17, 15) is 14.4 Å². The van der Waals surface area contributed by atoms with Crippen molar-refractivity contribution in [2.45, 2.75) is 32.6 Å². The molecule has 0 saturated carbocycles. The number of nitrogens with one attached hydrogen (secondary N) is 2. The van der Waals surface area contributed by atoms with Gasteiger partial charge in [0.15, 0.2) is 0 Å². The molecule has 0 bridgehead atoms. The van der Waals surface area contributed by atoms with Crippen LogP contribution in [0.1, 0.15) is 43.0 Å². The molecule has 0 spiro atoms. The number of aliphatic carboxylic acids is 1. The second-order valence-electron chi connectivity index (χ2n) is 4.73. The molecule has 21 heavy (non-hydrogen) atoms. The summed E-state index contributed by atoms with van der Waals surface area (Å²) in [5, 5.41) is 8.98. The fraction of sp³-hybridized carbons (Fsp3) is 0.400. The molecule has 6 nitrogen and oxygen atoms in total. The maximum atomic E-state index is 11.7. The van der Waals surface area contributed by atoms with E-state index in [1.165, 1.54) is 0 Å². The summed E-state index contributed by atoms with van der Waals surface area (Å²) in [6, 6.07) is 8.49. The lowest BCUT2D eigenvalue weighted by Crippen LogP contribution is -2.41. The minimum absolute atomic E-state index is 0.0615. The smallest absolute Gasteiger partial charge is 0.306 e. The van der Waals surface area contributed by atoms with Crippen molar-refractivity contribution in [1.29, 1.82) is 0 Å².